The summed E-state index contributed by atoms with van der Waals surface area (Å²) in [5, 5.41) is 18.7. The number of benzene rings is 1. The predicted molar refractivity (Wildman–Crippen MR) is 67.7 cm³/mol. The summed E-state index contributed by atoms with van der Waals surface area (Å²) in [6.45, 7) is 3.27. The summed E-state index contributed by atoms with van der Waals surface area (Å²) in [4.78, 5) is 2.00. The van der Waals surface area contributed by atoms with Crippen molar-refractivity contribution in [2.45, 2.75) is 25.9 Å². The zero-order valence-electron chi connectivity index (χ0n) is 10.4. The molecule has 0 spiro atoms. The molecule has 2 atom stereocenters. The van der Waals surface area contributed by atoms with Crippen molar-refractivity contribution in [2.75, 3.05) is 18.0 Å². The molecular formula is C14H17FN2O. The first-order chi connectivity index (χ1) is 8.63. The van der Waals surface area contributed by atoms with Gasteiger partial charge in [-0.3, -0.25) is 0 Å². The lowest BCUT2D eigenvalue weighted by atomic mass is 9.92. The topological polar surface area (TPSA) is 47.3 Å². The molecule has 18 heavy (non-hydrogen) atoms. The molecule has 4 heteroatoms. The Labute approximate surface area is 106 Å². The maximum absolute atomic E-state index is 13.6. The molecular weight excluding hydrogens is 231 g/mol. The first-order valence-electron chi connectivity index (χ1n) is 6.25. The second-order valence-electron chi connectivity index (χ2n) is 4.83. The summed E-state index contributed by atoms with van der Waals surface area (Å²) >= 11 is 0. The van der Waals surface area contributed by atoms with E-state index in [9.17, 15) is 9.50 Å². The fourth-order valence-electron chi connectivity index (χ4n) is 2.51. The van der Waals surface area contributed by atoms with Crippen molar-refractivity contribution >= 4 is 5.69 Å². The Hall–Kier alpha value is -1.60. The molecule has 0 aromatic heterocycles. The third-order valence-corrected chi connectivity index (χ3v) is 3.58. The minimum Gasteiger partial charge on any atom is -0.393 e. The van der Waals surface area contributed by atoms with E-state index in [0.717, 1.165) is 19.4 Å². The molecule has 3 nitrogen and oxygen atoms in total. The molecule has 2 unspecified atom stereocenters. The third-order valence-electron chi connectivity index (χ3n) is 3.58. The molecule has 1 aromatic rings. The van der Waals surface area contributed by atoms with Crippen molar-refractivity contribution in [3.63, 3.8) is 0 Å². The van der Waals surface area contributed by atoms with Crippen LogP contribution >= 0.6 is 0 Å². The highest BCUT2D eigenvalue weighted by molar-refractivity contribution is 5.60. The summed E-state index contributed by atoms with van der Waals surface area (Å²) in [6, 6.07) is 6.62. The molecule has 1 fully saturated rings. The number of nitriles is 1. The Morgan fingerprint density at radius 3 is 3.00 bits per heavy atom. The zero-order chi connectivity index (χ0) is 13.1. The molecule has 0 radical (unpaired) electrons. The summed E-state index contributed by atoms with van der Waals surface area (Å²) in [7, 11) is 0. The van der Waals surface area contributed by atoms with Crippen molar-refractivity contribution in [3.05, 3.63) is 29.6 Å². The van der Waals surface area contributed by atoms with E-state index < -0.39 is 5.82 Å². The Bertz CT molecular complexity index is 467. The third kappa shape index (κ3) is 2.46. The van der Waals surface area contributed by atoms with Crippen molar-refractivity contribution in [3.8, 4) is 6.07 Å². The Balaban J connectivity index is 2.27. The van der Waals surface area contributed by atoms with Crippen LogP contribution in [0.25, 0.3) is 0 Å². The second kappa shape index (κ2) is 5.36. The number of aliphatic hydroxyl groups is 1. The van der Waals surface area contributed by atoms with Gasteiger partial charge in [-0.25, -0.2) is 4.39 Å². The Morgan fingerprint density at radius 1 is 1.56 bits per heavy atom. The largest absolute Gasteiger partial charge is 0.393 e. The number of hydrogen-bond donors (Lipinski definition) is 1. The van der Waals surface area contributed by atoms with Gasteiger partial charge in [0.2, 0.25) is 0 Å². The average molecular weight is 248 g/mol. The van der Waals surface area contributed by atoms with Gasteiger partial charge in [-0.2, -0.15) is 5.26 Å². The molecule has 1 N–H and O–H groups in total. The Kier molecular flexibility index (Phi) is 3.83. The quantitative estimate of drug-likeness (QED) is 0.873. The van der Waals surface area contributed by atoms with Crippen molar-refractivity contribution in [2.24, 2.45) is 5.92 Å². The van der Waals surface area contributed by atoms with E-state index in [1.807, 2.05) is 11.0 Å². The van der Waals surface area contributed by atoms with Gasteiger partial charge in [0.1, 0.15) is 17.4 Å². The molecule has 0 saturated carbocycles. The van der Waals surface area contributed by atoms with E-state index in [1.165, 1.54) is 6.07 Å². The van der Waals surface area contributed by atoms with E-state index in [4.69, 9.17) is 5.26 Å². The standard InChI is InChI=1S/C14H17FN2O/c1-10(18)11-4-3-7-17(9-11)14-6-2-5-13(15)12(14)8-16/h2,5-6,10-11,18H,3-4,7,9H2,1H3. The normalized spacial score (nSPS) is 21.4. The van der Waals surface area contributed by atoms with Gasteiger partial charge in [-0.15, -0.1) is 0 Å². The fraction of sp³-hybridized carbons (Fsp3) is 0.500. The molecule has 0 amide bonds. The highest BCUT2D eigenvalue weighted by Gasteiger charge is 2.25. The van der Waals surface area contributed by atoms with Crippen LogP contribution in [0, 0.1) is 23.1 Å². The molecule has 0 aliphatic carbocycles. The van der Waals surface area contributed by atoms with Gasteiger partial charge < -0.3 is 10.0 Å². The average Bonchev–Trinajstić information content (AvgIpc) is 2.38. The van der Waals surface area contributed by atoms with Crippen LogP contribution in [0.15, 0.2) is 18.2 Å². The minimum atomic E-state index is -0.478. The first-order valence-corrected chi connectivity index (χ1v) is 6.25. The van der Waals surface area contributed by atoms with E-state index in [2.05, 4.69) is 0 Å². The van der Waals surface area contributed by atoms with Crippen LogP contribution in [0.5, 0.6) is 0 Å². The van der Waals surface area contributed by atoms with Crippen LogP contribution in [0.1, 0.15) is 25.3 Å². The molecule has 1 aliphatic heterocycles. The van der Waals surface area contributed by atoms with Gasteiger partial charge in [-0.05, 0) is 31.9 Å². The van der Waals surface area contributed by atoms with E-state index >= 15 is 0 Å². The van der Waals surface area contributed by atoms with Crippen LogP contribution < -0.4 is 4.90 Å². The fourth-order valence-corrected chi connectivity index (χ4v) is 2.51. The summed E-state index contributed by atoms with van der Waals surface area (Å²) in [5.41, 5.74) is 0.742. The molecule has 1 heterocycles. The summed E-state index contributed by atoms with van der Waals surface area (Å²) < 4.78 is 13.6. The minimum absolute atomic E-state index is 0.101. The lowest BCUT2D eigenvalue weighted by Gasteiger charge is -2.36. The second-order valence-corrected chi connectivity index (χ2v) is 4.83. The first kappa shape index (κ1) is 12.8. The maximum atomic E-state index is 13.6. The number of rotatable bonds is 2. The lowest BCUT2D eigenvalue weighted by Crippen LogP contribution is -2.40. The van der Waals surface area contributed by atoms with Crippen molar-refractivity contribution in [1.29, 1.82) is 5.26 Å². The lowest BCUT2D eigenvalue weighted by molar-refractivity contribution is 0.115. The Morgan fingerprint density at radius 2 is 2.33 bits per heavy atom. The van der Waals surface area contributed by atoms with Crippen molar-refractivity contribution < 1.29 is 9.50 Å². The molecule has 2 rings (SSSR count). The van der Waals surface area contributed by atoms with Crippen LogP contribution in [0.3, 0.4) is 0 Å². The van der Waals surface area contributed by atoms with Crippen LogP contribution in [0.2, 0.25) is 0 Å². The number of nitrogens with zero attached hydrogens (tertiary/aromatic N) is 2. The number of aliphatic hydroxyl groups excluding tert-OH is 1. The molecule has 1 aliphatic rings. The SMILES string of the molecule is CC(O)C1CCCN(c2cccc(F)c2C#N)C1. The van der Waals surface area contributed by atoms with Crippen LogP contribution in [-0.2, 0) is 0 Å². The molecule has 1 saturated heterocycles. The molecule has 96 valence electrons. The van der Waals surface area contributed by atoms with E-state index in [-0.39, 0.29) is 17.6 Å². The van der Waals surface area contributed by atoms with Gasteiger partial charge >= 0.3 is 0 Å². The van der Waals surface area contributed by atoms with Gasteiger partial charge in [0.15, 0.2) is 0 Å². The highest BCUT2D eigenvalue weighted by atomic mass is 19.1. The van der Waals surface area contributed by atoms with E-state index in [1.54, 1.807) is 19.1 Å². The van der Waals surface area contributed by atoms with Gasteiger partial charge in [0.05, 0.1) is 11.8 Å². The number of piperidine rings is 1. The van der Waals surface area contributed by atoms with Gasteiger partial charge in [0.25, 0.3) is 0 Å². The summed E-state index contributed by atoms with van der Waals surface area (Å²) in [5.74, 6) is -0.289. The highest BCUT2D eigenvalue weighted by Crippen LogP contribution is 2.28. The predicted octanol–water partition coefficient (Wildman–Crippen LogP) is 2.29. The number of hydrogen-bond acceptors (Lipinski definition) is 3. The zero-order valence-corrected chi connectivity index (χ0v) is 10.4. The number of anilines is 1. The summed E-state index contributed by atoms with van der Waals surface area (Å²) in [6.07, 6.45) is 1.56. The number of halogens is 1. The maximum Gasteiger partial charge on any atom is 0.143 e. The van der Waals surface area contributed by atoms with Gasteiger partial charge in [-0.1, -0.05) is 6.07 Å². The monoisotopic (exact) mass is 248 g/mol. The van der Waals surface area contributed by atoms with Gasteiger partial charge in [0, 0.05) is 19.0 Å². The molecule has 1 aromatic carbocycles. The molecule has 0 bridgehead atoms. The van der Waals surface area contributed by atoms with Crippen LogP contribution in [-0.4, -0.2) is 24.3 Å². The van der Waals surface area contributed by atoms with Crippen LogP contribution in [0.4, 0.5) is 10.1 Å². The smallest absolute Gasteiger partial charge is 0.143 e. The van der Waals surface area contributed by atoms with E-state index in [0.29, 0.717) is 12.2 Å². The van der Waals surface area contributed by atoms with Crippen molar-refractivity contribution in [1.82, 2.24) is 0 Å².